The first kappa shape index (κ1) is 13.2. The Morgan fingerprint density at radius 3 is 2.47 bits per heavy atom. The summed E-state index contributed by atoms with van der Waals surface area (Å²) in [7, 11) is 1.32. The van der Waals surface area contributed by atoms with Crippen LogP contribution in [0.15, 0.2) is 30.3 Å². The van der Waals surface area contributed by atoms with E-state index in [-0.39, 0.29) is 6.54 Å². The summed E-state index contributed by atoms with van der Waals surface area (Å²) in [5.41, 5.74) is -0.575. The molecule has 0 saturated heterocycles. The fourth-order valence-corrected chi connectivity index (χ4v) is 1.54. The molecular weight excluding hydrogens is 222 g/mol. The average Bonchev–Trinajstić information content (AvgIpc) is 2.36. The Morgan fingerprint density at radius 2 is 2.06 bits per heavy atom. The summed E-state index contributed by atoms with van der Waals surface area (Å²) in [5.74, 6) is -1.01. The number of hydrogen-bond acceptors (Lipinski definition) is 3. The smallest absolute Gasteiger partial charge is 0.315 e. The van der Waals surface area contributed by atoms with Crippen LogP contribution in [0.4, 0.5) is 0 Å². The van der Waals surface area contributed by atoms with Crippen molar-refractivity contribution in [2.45, 2.75) is 12.3 Å². The van der Waals surface area contributed by atoms with E-state index in [1.807, 2.05) is 0 Å². The van der Waals surface area contributed by atoms with Crippen molar-refractivity contribution in [3.8, 4) is 0 Å². The molecule has 0 aliphatic carbocycles. The van der Waals surface area contributed by atoms with Gasteiger partial charge < -0.3 is 5.11 Å². The summed E-state index contributed by atoms with van der Waals surface area (Å²) in [5, 5.41) is 10.3. The molecule has 0 aromatic heterocycles. The van der Waals surface area contributed by atoms with Gasteiger partial charge in [0, 0.05) is 0 Å². The molecule has 0 bridgehead atoms. The molecule has 0 aliphatic rings. The number of rotatable bonds is 6. The molecule has 0 spiro atoms. The number of carbonyl (C=O) groups is 2. The lowest BCUT2D eigenvalue weighted by molar-refractivity contribution is -0.170. The van der Waals surface area contributed by atoms with Gasteiger partial charge in [0.1, 0.15) is 5.41 Å². The van der Waals surface area contributed by atoms with Crippen molar-refractivity contribution >= 4 is 12.4 Å². The molecule has 1 atom stereocenters. The summed E-state index contributed by atoms with van der Waals surface area (Å²) >= 11 is 0. The van der Waals surface area contributed by atoms with Crippen LogP contribution in [0.25, 0.3) is 0 Å². The number of nitrogens with zero attached hydrogens (tertiary/aromatic N) is 1. The minimum Gasteiger partial charge on any atom is -0.481 e. The lowest BCUT2D eigenvalue weighted by atomic mass is 9.82. The predicted octanol–water partition coefficient (Wildman–Crippen LogP) is 1.05. The first-order chi connectivity index (χ1) is 8.04. The van der Waals surface area contributed by atoms with Crippen LogP contribution in [0, 0.1) is 0 Å². The Bertz CT molecular complexity index is 393. The molecular formula is C12H15NO4. The topological polar surface area (TPSA) is 66.8 Å². The van der Waals surface area contributed by atoms with Crippen LogP contribution in [0.1, 0.15) is 12.5 Å². The van der Waals surface area contributed by atoms with Crippen molar-refractivity contribution in [2.24, 2.45) is 0 Å². The molecule has 17 heavy (non-hydrogen) atoms. The first-order valence-corrected chi connectivity index (χ1v) is 5.09. The molecule has 0 aliphatic heterocycles. The largest absolute Gasteiger partial charge is 0.481 e. The summed E-state index contributed by atoms with van der Waals surface area (Å²) in [4.78, 5) is 26.8. The molecule has 5 nitrogen and oxygen atoms in total. The van der Waals surface area contributed by atoms with Gasteiger partial charge in [-0.3, -0.25) is 14.4 Å². The lowest BCUT2D eigenvalue weighted by Gasteiger charge is -2.29. The van der Waals surface area contributed by atoms with Gasteiger partial charge in [-0.2, -0.15) is 0 Å². The fourth-order valence-electron chi connectivity index (χ4n) is 1.54. The second kappa shape index (κ2) is 5.45. The van der Waals surface area contributed by atoms with Crippen molar-refractivity contribution in [3.05, 3.63) is 35.9 Å². The maximum Gasteiger partial charge on any atom is 0.315 e. The first-order valence-electron chi connectivity index (χ1n) is 5.09. The van der Waals surface area contributed by atoms with Crippen molar-refractivity contribution in [1.29, 1.82) is 0 Å². The Labute approximate surface area is 99.6 Å². The highest BCUT2D eigenvalue weighted by molar-refractivity contribution is 5.81. The number of hydrogen-bond donors (Lipinski definition) is 1. The normalized spacial score (nSPS) is 13.8. The fraction of sp³-hybridized carbons (Fsp3) is 0.333. The molecule has 92 valence electrons. The number of aliphatic carboxylic acids is 1. The number of benzene rings is 1. The van der Waals surface area contributed by atoms with Gasteiger partial charge in [0.2, 0.25) is 6.41 Å². The van der Waals surface area contributed by atoms with Gasteiger partial charge in [0.05, 0.1) is 13.7 Å². The van der Waals surface area contributed by atoms with E-state index in [1.54, 1.807) is 37.3 Å². The van der Waals surface area contributed by atoms with E-state index < -0.39 is 11.4 Å². The molecule has 0 fully saturated rings. The maximum atomic E-state index is 11.4. The molecule has 1 N–H and O–H groups in total. The molecule has 0 radical (unpaired) electrons. The Kier molecular flexibility index (Phi) is 4.23. The van der Waals surface area contributed by atoms with Crippen LogP contribution in [0.3, 0.4) is 0 Å². The molecule has 5 heteroatoms. The average molecular weight is 237 g/mol. The van der Waals surface area contributed by atoms with E-state index in [0.717, 1.165) is 5.06 Å². The SMILES string of the molecule is CON(C=O)CC(C)(C(=O)O)c1ccccc1. The van der Waals surface area contributed by atoms with Gasteiger partial charge in [0.25, 0.3) is 0 Å². The van der Waals surface area contributed by atoms with Gasteiger partial charge in [-0.05, 0) is 12.5 Å². The molecule has 1 aromatic rings. The zero-order valence-corrected chi connectivity index (χ0v) is 9.79. The molecule has 0 saturated carbocycles. The van der Waals surface area contributed by atoms with Crippen molar-refractivity contribution < 1.29 is 19.5 Å². The summed E-state index contributed by atoms with van der Waals surface area (Å²) in [6, 6.07) is 8.75. The van der Waals surface area contributed by atoms with Crippen LogP contribution in [0.2, 0.25) is 0 Å². The minimum atomic E-state index is -1.20. The number of hydroxylamine groups is 2. The maximum absolute atomic E-state index is 11.4. The Balaban J connectivity index is 3.06. The molecule has 1 rings (SSSR count). The zero-order valence-electron chi connectivity index (χ0n) is 9.79. The van der Waals surface area contributed by atoms with E-state index >= 15 is 0 Å². The third kappa shape index (κ3) is 2.82. The zero-order chi connectivity index (χ0) is 12.9. The van der Waals surface area contributed by atoms with Crippen LogP contribution < -0.4 is 0 Å². The molecule has 1 unspecified atom stereocenters. The predicted molar refractivity (Wildman–Crippen MR) is 61.2 cm³/mol. The number of carbonyl (C=O) groups excluding carboxylic acids is 1. The summed E-state index contributed by atoms with van der Waals surface area (Å²) in [6.45, 7) is 1.51. The standard InChI is InChI=1S/C12H15NO4/c1-12(11(15)16,8-13(9-14)17-2)10-6-4-3-5-7-10/h3-7,9H,8H2,1-2H3,(H,15,16). The number of amides is 1. The Hall–Kier alpha value is -1.88. The molecule has 1 amide bonds. The second-order valence-electron chi connectivity index (χ2n) is 3.87. The van der Waals surface area contributed by atoms with Gasteiger partial charge >= 0.3 is 5.97 Å². The third-order valence-electron chi connectivity index (χ3n) is 2.71. The summed E-state index contributed by atoms with van der Waals surface area (Å²) in [6.07, 6.45) is 0.462. The van der Waals surface area contributed by atoms with E-state index in [9.17, 15) is 14.7 Å². The van der Waals surface area contributed by atoms with Crippen LogP contribution in [0.5, 0.6) is 0 Å². The highest BCUT2D eigenvalue weighted by atomic mass is 16.7. The van der Waals surface area contributed by atoms with Crippen molar-refractivity contribution in [2.75, 3.05) is 13.7 Å². The number of carboxylic acids is 1. The molecule has 1 aromatic carbocycles. The molecule has 0 heterocycles. The van der Waals surface area contributed by atoms with Gasteiger partial charge in [-0.25, -0.2) is 5.06 Å². The second-order valence-corrected chi connectivity index (χ2v) is 3.87. The lowest BCUT2D eigenvalue weighted by Crippen LogP contribution is -2.43. The van der Waals surface area contributed by atoms with Crippen LogP contribution in [-0.4, -0.2) is 36.2 Å². The van der Waals surface area contributed by atoms with E-state index in [4.69, 9.17) is 4.84 Å². The third-order valence-corrected chi connectivity index (χ3v) is 2.71. The van der Waals surface area contributed by atoms with E-state index in [0.29, 0.717) is 12.0 Å². The van der Waals surface area contributed by atoms with E-state index in [1.165, 1.54) is 7.11 Å². The Morgan fingerprint density at radius 1 is 1.47 bits per heavy atom. The van der Waals surface area contributed by atoms with Crippen molar-refractivity contribution in [1.82, 2.24) is 5.06 Å². The van der Waals surface area contributed by atoms with Gasteiger partial charge in [-0.15, -0.1) is 0 Å². The summed E-state index contributed by atoms with van der Waals surface area (Å²) < 4.78 is 0. The van der Waals surface area contributed by atoms with Crippen LogP contribution >= 0.6 is 0 Å². The van der Waals surface area contributed by atoms with Gasteiger partial charge in [-0.1, -0.05) is 30.3 Å². The van der Waals surface area contributed by atoms with Crippen molar-refractivity contribution in [3.63, 3.8) is 0 Å². The monoisotopic (exact) mass is 237 g/mol. The number of carboxylic acid groups (broad SMARTS) is 1. The minimum absolute atomic E-state index is 0.0493. The highest BCUT2D eigenvalue weighted by Gasteiger charge is 2.37. The van der Waals surface area contributed by atoms with E-state index in [2.05, 4.69) is 0 Å². The quantitative estimate of drug-likeness (QED) is 0.593. The highest BCUT2D eigenvalue weighted by Crippen LogP contribution is 2.25. The van der Waals surface area contributed by atoms with Gasteiger partial charge in [0.15, 0.2) is 0 Å². The van der Waals surface area contributed by atoms with Crippen LogP contribution in [-0.2, 0) is 19.8 Å².